The second-order valence-electron chi connectivity index (χ2n) is 4.68. The summed E-state index contributed by atoms with van der Waals surface area (Å²) in [6.07, 6.45) is 10.1. The van der Waals surface area contributed by atoms with Crippen molar-refractivity contribution in [3.05, 3.63) is 0 Å². The number of ether oxygens (including phenoxy) is 1. The maximum atomic E-state index is 5.65. The standard InChI is InChI=1S/C12H23NO/c1-2-4-9-13(8-3-1)10-7-12-6-5-11-14-12/h12H,1-11H2. The van der Waals surface area contributed by atoms with E-state index in [1.807, 2.05) is 0 Å². The van der Waals surface area contributed by atoms with Crippen molar-refractivity contribution < 1.29 is 4.74 Å². The molecule has 0 aromatic carbocycles. The summed E-state index contributed by atoms with van der Waals surface area (Å²) in [6, 6.07) is 0. The van der Waals surface area contributed by atoms with Gasteiger partial charge in [-0.05, 0) is 45.2 Å². The van der Waals surface area contributed by atoms with E-state index in [4.69, 9.17) is 4.74 Å². The van der Waals surface area contributed by atoms with Crippen molar-refractivity contribution in [3.63, 3.8) is 0 Å². The van der Waals surface area contributed by atoms with E-state index >= 15 is 0 Å². The maximum absolute atomic E-state index is 5.65. The molecule has 0 saturated carbocycles. The van der Waals surface area contributed by atoms with Crippen LogP contribution in [0.4, 0.5) is 0 Å². The molecule has 0 aliphatic carbocycles. The molecular weight excluding hydrogens is 174 g/mol. The molecule has 2 rings (SSSR count). The zero-order chi connectivity index (χ0) is 9.64. The summed E-state index contributed by atoms with van der Waals surface area (Å²) >= 11 is 0. The Hall–Kier alpha value is -0.0800. The average molecular weight is 197 g/mol. The second-order valence-corrected chi connectivity index (χ2v) is 4.68. The summed E-state index contributed by atoms with van der Waals surface area (Å²) in [5.74, 6) is 0. The summed E-state index contributed by atoms with van der Waals surface area (Å²) in [7, 11) is 0. The van der Waals surface area contributed by atoms with E-state index in [9.17, 15) is 0 Å². The zero-order valence-electron chi connectivity index (χ0n) is 9.21. The van der Waals surface area contributed by atoms with Gasteiger partial charge in [0.15, 0.2) is 0 Å². The average Bonchev–Trinajstić information content (AvgIpc) is 2.58. The molecule has 0 aromatic heterocycles. The molecule has 82 valence electrons. The van der Waals surface area contributed by atoms with Gasteiger partial charge in [-0.3, -0.25) is 0 Å². The van der Waals surface area contributed by atoms with Gasteiger partial charge >= 0.3 is 0 Å². The highest BCUT2D eigenvalue weighted by molar-refractivity contribution is 4.69. The van der Waals surface area contributed by atoms with E-state index in [-0.39, 0.29) is 0 Å². The first-order chi connectivity index (χ1) is 6.95. The third-order valence-corrected chi connectivity index (χ3v) is 3.49. The van der Waals surface area contributed by atoms with E-state index in [0.29, 0.717) is 6.10 Å². The van der Waals surface area contributed by atoms with Gasteiger partial charge in [-0.25, -0.2) is 0 Å². The van der Waals surface area contributed by atoms with E-state index in [1.54, 1.807) is 0 Å². The minimum Gasteiger partial charge on any atom is -0.378 e. The molecule has 2 aliphatic rings. The SMILES string of the molecule is C1CCCN(CCC2CCCO2)CC1. The molecule has 2 saturated heterocycles. The summed E-state index contributed by atoms with van der Waals surface area (Å²) in [6.45, 7) is 4.93. The minimum atomic E-state index is 0.582. The summed E-state index contributed by atoms with van der Waals surface area (Å²) < 4.78 is 5.65. The number of hydrogen-bond donors (Lipinski definition) is 0. The molecule has 0 amide bonds. The molecule has 1 atom stereocenters. The monoisotopic (exact) mass is 197 g/mol. The highest BCUT2D eigenvalue weighted by Gasteiger charge is 2.17. The minimum absolute atomic E-state index is 0.582. The third-order valence-electron chi connectivity index (χ3n) is 3.49. The van der Waals surface area contributed by atoms with Crippen LogP contribution in [0.3, 0.4) is 0 Å². The number of hydrogen-bond acceptors (Lipinski definition) is 2. The fourth-order valence-corrected chi connectivity index (χ4v) is 2.56. The van der Waals surface area contributed by atoms with Crippen LogP contribution in [0, 0.1) is 0 Å². The first-order valence-electron chi connectivity index (χ1n) is 6.29. The Morgan fingerprint density at radius 3 is 2.43 bits per heavy atom. The van der Waals surface area contributed by atoms with Crippen molar-refractivity contribution in [2.24, 2.45) is 0 Å². The molecule has 2 nitrogen and oxygen atoms in total. The van der Waals surface area contributed by atoms with Crippen molar-refractivity contribution in [2.75, 3.05) is 26.2 Å². The Bertz CT molecular complexity index is 146. The smallest absolute Gasteiger partial charge is 0.0588 e. The van der Waals surface area contributed by atoms with Crippen molar-refractivity contribution in [1.82, 2.24) is 4.90 Å². The Balaban J connectivity index is 1.62. The normalized spacial score (nSPS) is 30.4. The lowest BCUT2D eigenvalue weighted by atomic mass is 10.2. The molecule has 2 heterocycles. The van der Waals surface area contributed by atoms with Gasteiger partial charge in [0.2, 0.25) is 0 Å². The van der Waals surface area contributed by atoms with E-state index in [1.165, 1.54) is 64.6 Å². The molecule has 0 N–H and O–H groups in total. The zero-order valence-corrected chi connectivity index (χ0v) is 9.21. The van der Waals surface area contributed by atoms with E-state index in [0.717, 1.165) is 6.61 Å². The topological polar surface area (TPSA) is 12.5 Å². The molecule has 0 aromatic rings. The summed E-state index contributed by atoms with van der Waals surface area (Å²) in [5, 5.41) is 0. The van der Waals surface area contributed by atoms with Crippen molar-refractivity contribution >= 4 is 0 Å². The van der Waals surface area contributed by atoms with Crippen LogP contribution in [0.25, 0.3) is 0 Å². The lowest BCUT2D eigenvalue weighted by Gasteiger charge is -2.21. The predicted molar refractivity (Wildman–Crippen MR) is 58.5 cm³/mol. The molecule has 1 unspecified atom stereocenters. The molecule has 2 aliphatic heterocycles. The van der Waals surface area contributed by atoms with Gasteiger partial charge in [-0.15, -0.1) is 0 Å². The van der Waals surface area contributed by atoms with E-state index < -0.39 is 0 Å². The lowest BCUT2D eigenvalue weighted by molar-refractivity contribution is 0.0924. The quantitative estimate of drug-likeness (QED) is 0.689. The summed E-state index contributed by atoms with van der Waals surface area (Å²) in [5.41, 5.74) is 0. The molecule has 2 fully saturated rings. The van der Waals surface area contributed by atoms with Gasteiger partial charge < -0.3 is 9.64 Å². The molecule has 14 heavy (non-hydrogen) atoms. The fourth-order valence-electron chi connectivity index (χ4n) is 2.56. The molecule has 0 spiro atoms. The van der Waals surface area contributed by atoms with Crippen LogP contribution in [0.15, 0.2) is 0 Å². The van der Waals surface area contributed by atoms with Crippen LogP contribution in [-0.4, -0.2) is 37.2 Å². The van der Waals surface area contributed by atoms with Crippen LogP contribution in [0.5, 0.6) is 0 Å². The van der Waals surface area contributed by atoms with Gasteiger partial charge in [0.25, 0.3) is 0 Å². The Morgan fingerprint density at radius 2 is 1.79 bits per heavy atom. The lowest BCUT2D eigenvalue weighted by Crippen LogP contribution is -2.28. The highest BCUT2D eigenvalue weighted by atomic mass is 16.5. The van der Waals surface area contributed by atoms with Crippen LogP contribution >= 0.6 is 0 Å². The van der Waals surface area contributed by atoms with Crippen LogP contribution < -0.4 is 0 Å². The third kappa shape index (κ3) is 3.25. The fraction of sp³-hybridized carbons (Fsp3) is 1.00. The van der Waals surface area contributed by atoms with E-state index in [2.05, 4.69) is 4.90 Å². The Morgan fingerprint density at radius 1 is 1.00 bits per heavy atom. The van der Waals surface area contributed by atoms with Crippen LogP contribution in [-0.2, 0) is 4.74 Å². The van der Waals surface area contributed by atoms with Crippen molar-refractivity contribution in [2.45, 2.75) is 51.0 Å². The highest BCUT2D eigenvalue weighted by Crippen LogP contribution is 2.17. The predicted octanol–water partition coefficient (Wildman–Crippen LogP) is 2.43. The largest absolute Gasteiger partial charge is 0.378 e. The molecule has 0 bridgehead atoms. The van der Waals surface area contributed by atoms with Gasteiger partial charge in [-0.1, -0.05) is 12.8 Å². The summed E-state index contributed by atoms with van der Waals surface area (Å²) in [4.78, 5) is 2.63. The molecule has 0 radical (unpaired) electrons. The van der Waals surface area contributed by atoms with Gasteiger partial charge in [-0.2, -0.15) is 0 Å². The Labute approximate surface area is 87.6 Å². The molecule has 2 heteroatoms. The molecular formula is C12H23NO. The van der Waals surface area contributed by atoms with Crippen molar-refractivity contribution in [1.29, 1.82) is 0 Å². The Kier molecular flexibility index (Phi) is 4.26. The van der Waals surface area contributed by atoms with Crippen LogP contribution in [0.2, 0.25) is 0 Å². The first-order valence-corrected chi connectivity index (χ1v) is 6.29. The number of rotatable bonds is 3. The first kappa shape index (κ1) is 10.4. The van der Waals surface area contributed by atoms with Gasteiger partial charge in [0.05, 0.1) is 6.10 Å². The van der Waals surface area contributed by atoms with Crippen molar-refractivity contribution in [3.8, 4) is 0 Å². The number of nitrogens with zero attached hydrogens (tertiary/aromatic N) is 1. The van der Waals surface area contributed by atoms with Crippen LogP contribution in [0.1, 0.15) is 44.9 Å². The number of likely N-dealkylation sites (tertiary alicyclic amines) is 1. The maximum Gasteiger partial charge on any atom is 0.0588 e. The van der Waals surface area contributed by atoms with Gasteiger partial charge in [0, 0.05) is 13.2 Å². The van der Waals surface area contributed by atoms with Gasteiger partial charge in [0.1, 0.15) is 0 Å². The second kappa shape index (κ2) is 5.72.